The van der Waals surface area contributed by atoms with Crippen LogP contribution in [0.1, 0.15) is 5.56 Å². The van der Waals surface area contributed by atoms with Gasteiger partial charge < -0.3 is 10.6 Å². The number of nitriles is 1. The molecule has 0 aliphatic rings. The zero-order chi connectivity index (χ0) is 10.6. The Morgan fingerprint density at radius 1 is 1.36 bits per heavy atom. The van der Waals surface area contributed by atoms with Crippen molar-refractivity contribution in [3.63, 3.8) is 0 Å². The number of nitrogens with two attached hydrogens (primary N) is 1. The van der Waals surface area contributed by atoms with E-state index in [1.165, 1.54) is 0 Å². The van der Waals surface area contributed by atoms with Gasteiger partial charge in [0, 0.05) is 26.0 Å². The van der Waals surface area contributed by atoms with Crippen LogP contribution in [0.4, 0.5) is 5.69 Å². The maximum Gasteiger partial charge on any atom is 0.101 e. The second-order valence-electron chi connectivity index (χ2n) is 3.24. The van der Waals surface area contributed by atoms with Crippen LogP contribution in [0.3, 0.4) is 0 Å². The summed E-state index contributed by atoms with van der Waals surface area (Å²) in [5.41, 5.74) is 7.78. The van der Waals surface area contributed by atoms with Gasteiger partial charge in [-0.1, -0.05) is 12.1 Å². The average molecular weight is 187 g/mol. The molecule has 3 heteroatoms. The summed E-state index contributed by atoms with van der Waals surface area (Å²) in [4.78, 5) is 1.84. The highest BCUT2D eigenvalue weighted by Gasteiger charge is 1.99. The smallest absolute Gasteiger partial charge is 0.101 e. The highest BCUT2D eigenvalue weighted by molar-refractivity contribution is 5.76. The van der Waals surface area contributed by atoms with E-state index in [2.05, 4.69) is 6.07 Å². The first-order valence-corrected chi connectivity index (χ1v) is 4.27. The molecular weight excluding hydrogens is 174 g/mol. The van der Waals surface area contributed by atoms with Gasteiger partial charge in [-0.25, -0.2) is 0 Å². The van der Waals surface area contributed by atoms with Gasteiger partial charge in [0.05, 0.1) is 5.57 Å². The number of rotatable bonds is 2. The zero-order valence-corrected chi connectivity index (χ0v) is 8.36. The lowest BCUT2D eigenvalue weighted by Gasteiger charge is -2.06. The van der Waals surface area contributed by atoms with Crippen molar-refractivity contribution in [3.8, 4) is 6.07 Å². The maximum absolute atomic E-state index is 8.92. The molecule has 14 heavy (non-hydrogen) atoms. The minimum absolute atomic E-state index is 0.634. The molecule has 0 unspecified atom stereocenters. The molecule has 0 saturated carbocycles. The van der Waals surface area contributed by atoms with Gasteiger partial charge >= 0.3 is 0 Å². The molecule has 1 aromatic rings. The van der Waals surface area contributed by atoms with Crippen LogP contribution in [0.2, 0.25) is 0 Å². The fourth-order valence-corrected chi connectivity index (χ4v) is 1.09. The Kier molecular flexibility index (Phi) is 3.14. The number of nitrogens with zero attached hydrogens (tertiary/aromatic N) is 2. The third kappa shape index (κ3) is 2.53. The Hall–Kier alpha value is -1.95. The first kappa shape index (κ1) is 10.1. The third-order valence-electron chi connectivity index (χ3n) is 1.73. The van der Waals surface area contributed by atoms with E-state index in [4.69, 9.17) is 11.0 Å². The topological polar surface area (TPSA) is 53.0 Å². The van der Waals surface area contributed by atoms with Crippen molar-refractivity contribution in [3.05, 3.63) is 36.0 Å². The second-order valence-corrected chi connectivity index (χ2v) is 3.24. The molecule has 0 fully saturated rings. The largest absolute Gasteiger partial charge is 0.399 e. The Morgan fingerprint density at radius 3 is 2.36 bits per heavy atom. The number of nitrogen functional groups attached to an aromatic ring is 1. The van der Waals surface area contributed by atoms with Crippen molar-refractivity contribution in [2.24, 2.45) is 0 Å². The number of allylic oxidation sites excluding steroid dienone is 1. The molecule has 0 spiro atoms. The SMILES string of the molecule is CN(C)C=C(C#N)c1ccc(N)cc1. The molecule has 0 heterocycles. The number of hydrogen-bond acceptors (Lipinski definition) is 3. The van der Waals surface area contributed by atoms with E-state index in [0.717, 1.165) is 5.56 Å². The van der Waals surface area contributed by atoms with Crippen LogP contribution in [-0.4, -0.2) is 19.0 Å². The third-order valence-corrected chi connectivity index (χ3v) is 1.73. The van der Waals surface area contributed by atoms with Crippen LogP contribution in [-0.2, 0) is 0 Å². The summed E-state index contributed by atoms with van der Waals surface area (Å²) in [6, 6.07) is 9.41. The lowest BCUT2D eigenvalue weighted by atomic mass is 10.1. The first-order chi connectivity index (χ1) is 6.63. The number of hydrogen-bond donors (Lipinski definition) is 1. The summed E-state index contributed by atoms with van der Waals surface area (Å²) >= 11 is 0. The van der Waals surface area contributed by atoms with Crippen LogP contribution in [0.5, 0.6) is 0 Å². The molecule has 0 saturated heterocycles. The average Bonchev–Trinajstić information content (AvgIpc) is 2.15. The predicted octanol–water partition coefficient (Wildman–Crippen LogP) is 1.69. The fraction of sp³-hybridized carbons (Fsp3) is 0.182. The Balaban J connectivity index is 3.03. The van der Waals surface area contributed by atoms with Crippen molar-refractivity contribution in [1.82, 2.24) is 4.90 Å². The van der Waals surface area contributed by atoms with Crippen LogP contribution in [0.15, 0.2) is 30.5 Å². The lowest BCUT2D eigenvalue weighted by molar-refractivity contribution is 0.566. The summed E-state index contributed by atoms with van der Waals surface area (Å²) in [6.07, 6.45) is 1.78. The van der Waals surface area contributed by atoms with Gasteiger partial charge in [-0.3, -0.25) is 0 Å². The van der Waals surface area contributed by atoms with Gasteiger partial charge in [-0.05, 0) is 17.7 Å². The highest BCUT2D eigenvalue weighted by Crippen LogP contribution is 2.15. The van der Waals surface area contributed by atoms with Gasteiger partial charge in [-0.2, -0.15) is 5.26 Å². The van der Waals surface area contributed by atoms with Crippen LogP contribution in [0, 0.1) is 11.3 Å². The summed E-state index contributed by atoms with van der Waals surface area (Å²) < 4.78 is 0. The fourth-order valence-electron chi connectivity index (χ4n) is 1.09. The summed E-state index contributed by atoms with van der Waals surface area (Å²) in [7, 11) is 3.77. The normalized spacial score (nSPS) is 10.8. The molecule has 0 bridgehead atoms. The Labute approximate surface area is 84.1 Å². The lowest BCUT2D eigenvalue weighted by Crippen LogP contribution is -2.02. The minimum Gasteiger partial charge on any atom is -0.399 e. The predicted molar refractivity (Wildman–Crippen MR) is 58.1 cm³/mol. The van der Waals surface area contributed by atoms with Gasteiger partial charge in [0.25, 0.3) is 0 Å². The van der Waals surface area contributed by atoms with Crippen LogP contribution >= 0.6 is 0 Å². The highest BCUT2D eigenvalue weighted by atomic mass is 15.0. The molecule has 0 atom stereocenters. The second kappa shape index (κ2) is 4.33. The van der Waals surface area contributed by atoms with Crippen molar-refractivity contribution in [2.75, 3.05) is 19.8 Å². The van der Waals surface area contributed by atoms with E-state index in [-0.39, 0.29) is 0 Å². The van der Waals surface area contributed by atoms with E-state index < -0.39 is 0 Å². The van der Waals surface area contributed by atoms with E-state index in [1.54, 1.807) is 18.3 Å². The monoisotopic (exact) mass is 187 g/mol. The molecule has 2 N–H and O–H groups in total. The number of anilines is 1. The molecular formula is C11H13N3. The van der Waals surface area contributed by atoms with Gasteiger partial charge in [-0.15, -0.1) is 0 Å². The molecule has 0 radical (unpaired) electrons. The van der Waals surface area contributed by atoms with E-state index in [9.17, 15) is 0 Å². The van der Waals surface area contributed by atoms with E-state index >= 15 is 0 Å². The molecule has 0 aliphatic heterocycles. The molecule has 3 nitrogen and oxygen atoms in total. The Bertz CT molecular complexity index is 369. The summed E-state index contributed by atoms with van der Waals surface area (Å²) in [5, 5.41) is 8.92. The van der Waals surface area contributed by atoms with E-state index in [0.29, 0.717) is 11.3 Å². The summed E-state index contributed by atoms with van der Waals surface area (Å²) in [6.45, 7) is 0. The molecule has 1 aromatic carbocycles. The van der Waals surface area contributed by atoms with Crippen LogP contribution < -0.4 is 5.73 Å². The maximum atomic E-state index is 8.92. The van der Waals surface area contributed by atoms with Crippen molar-refractivity contribution >= 4 is 11.3 Å². The molecule has 1 rings (SSSR count). The van der Waals surface area contributed by atoms with Gasteiger partial charge in [0.1, 0.15) is 6.07 Å². The van der Waals surface area contributed by atoms with Gasteiger partial charge in [0.15, 0.2) is 0 Å². The summed E-state index contributed by atoms with van der Waals surface area (Å²) in [5.74, 6) is 0. The minimum atomic E-state index is 0.634. The van der Waals surface area contributed by atoms with Gasteiger partial charge in [0.2, 0.25) is 0 Å². The quantitative estimate of drug-likeness (QED) is 0.566. The van der Waals surface area contributed by atoms with Crippen molar-refractivity contribution in [2.45, 2.75) is 0 Å². The van der Waals surface area contributed by atoms with E-state index in [1.807, 2.05) is 31.1 Å². The standard InChI is InChI=1S/C11H13N3/c1-14(2)8-10(7-12)9-3-5-11(13)6-4-9/h3-6,8H,13H2,1-2H3. The zero-order valence-electron chi connectivity index (χ0n) is 8.36. The van der Waals surface area contributed by atoms with Crippen molar-refractivity contribution < 1.29 is 0 Å². The molecule has 72 valence electrons. The molecule has 0 aromatic heterocycles. The molecule has 0 amide bonds. The Morgan fingerprint density at radius 2 is 1.93 bits per heavy atom. The van der Waals surface area contributed by atoms with Crippen molar-refractivity contribution in [1.29, 1.82) is 5.26 Å². The first-order valence-electron chi connectivity index (χ1n) is 4.27. The molecule has 0 aliphatic carbocycles. The number of benzene rings is 1. The van der Waals surface area contributed by atoms with Crippen LogP contribution in [0.25, 0.3) is 5.57 Å².